The van der Waals surface area contributed by atoms with E-state index in [-0.39, 0.29) is 5.57 Å². The molecule has 0 unspecified atom stereocenters. The molecule has 1 saturated heterocycles. The fraction of sp³-hybridized carbons (Fsp3) is 0.500. The number of rotatable bonds is 4. The van der Waals surface area contributed by atoms with E-state index in [9.17, 15) is 9.59 Å². The second-order valence-electron chi connectivity index (χ2n) is 7.01. The molecule has 0 atom stereocenters. The van der Waals surface area contributed by atoms with Gasteiger partial charge in [-0.3, -0.25) is 0 Å². The molecule has 5 nitrogen and oxygen atoms in total. The summed E-state index contributed by atoms with van der Waals surface area (Å²) in [7, 11) is 0. The van der Waals surface area contributed by atoms with Crippen LogP contribution < -0.4 is 0 Å². The van der Waals surface area contributed by atoms with E-state index in [0.717, 1.165) is 24.0 Å². The van der Waals surface area contributed by atoms with Gasteiger partial charge in [0, 0.05) is 13.8 Å². The Labute approximate surface area is 148 Å². The summed E-state index contributed by atoms with van der Waals surface area (Å²) in [6.45, 7) is 3.53. The molecule has 0 radical (unpaired) electrons. The van der Waals surface area contributed by atoms with Gasteiger partial charge in [-0.25, -0.2) is 9.59 Å². The number of carbonyl (C=O) groups is 2. The Hall–Kier alpha value is -2.14. The Balaban J connectivity index is 1.76. The lowest BCUT2D eigenvalue weighted by molar-refractivity contribution is -0.222. The van der Waals surface area contributed by atoms with Crippen molar-refractivity contribution in [2.45, 2.75) is 64.4 Å². The van der Waals surface area contributed by atoms with Gasteiger partial charge >= 0.3 is 11.9 Å². The molecule has 25 heavy (non-hydrogen) atoms. The summed E-state index contributed by atoms with van der Waals surface area (Å²) in [4.78, 5) is 24.2. The first-order valence-corrected chi connectivity index (χ1v) is 8.82. The summed E-state index contributed by atoms with van der Waals surface area (Å²) < 4.78 is 16.3. The first-order chi connectivity index (χ1) is 11.9. The van der Waals surface area contributed by atoms with Crippen LogP contribution in [0.5, 0.6) is 0 Å². The molecule has 1 saturated carbocycles. The maximum absolute atomic E-state index is 12.1. The predicted octanol–water partition coefficient (Wildman–Crippen LogP) is 3.76. The monoisotopic (exact) mass is 344 g/mol. The Kier molecular flexibility index (Phi) is 5.23. The molecule has 1 aromatic rings. The van der Waals surface area contributed by atoms with Crippen LogP contribution in [0.1, 0.15) is 57.1 Å². The van der Waals surface area contributed by atoms with E-state index < -0.39 is 17.7 Å². The van der Waals surface area contributed by atoms with Gasteiger partial charge in [0.15, 0.2) is 0 Å². The lowest BCUT2D eigenvalue weighted by atomic mass is 9.97. The van der Waals surface area contributed by atoms with Crippen molar-refractivity contribution in [3.63, 3.8) is 0 Å². The van der Waals surface area contributed by atoms with Crippen LogP contribution >= 0.6 is 0 Å². The number of benzene rings is 1. The van der Waals surface area contributed by atoms with E-state index in [1.54, 1.807) is 0 Å². The Bertz CT molecular complexity index is 661. The Morgan fingerprint density at radius 3 is 2.40 bits per heavy atom. The zero-order valence-electron chi connectivity index (χ0n) is 14.7. The maximum Gasteiger partial charge on any atom is 0.348 e. The highest BCUT2D eigenvalue weighted by atomic mass is 16.7. The van der Waals surface area contributed by atoms with Crippen LogP contribution in [0.4, 0.5) is 0 Å². The van der Waals surface area contributed by atoms with Crippen LogP contribution in [0.15, 0.2) is 29.8 Å². The summed E-state index contributed by atoms with van der Waals surface area (Å²) >= 11 is 0. The zero-order valence-corrected chi connectivity index (χ0v) is 14.7. The van der Waals surface area contributed by atoms with Gasteiger partial charge in [-0.05, 0) is 30.0 Å². The predicted molar refractivity (Wildman–Crippen MR) is 92.3 cm³/mol. The molecular weight excluding hydrogens is 320 g/mol. The molecule has 5 heteroatoms. The lowest BCUT2D eigenvalue weighted by Crippen LogP contribution is -2.41. The second kappa shape index (κ2) is 7.40. The fourth-order valence-electron chi connectivity index (χ4n) is 3.18. The second-order valence-corrected chi connectivity index (χ2v) is 7.01. The third-order valence-corrected chi connectivity index (χ3v) is 4.50. The van der Waals surface area contributed by atoms with Crippen molar-refractivity contribution in [2.24, 2.45) is 0 Å². The third-order valence-electron chi connectivity index (χ3n) is 4.50. The highest BCUT2D eigenvalue weighted by Gasteiger charge is 2.38. The highest BCUT2D eigenvalue weighted by molar-refractivity contribution is 6.18. The number of ether oxygens (including phenoxy) is 3. The SMILES string of the molecule is CC1(C)OC(=O)C(=Cc2ccccc2COC2CCCCC2)C(=O)O1. The minimum Gasteiger partial charge on any atom is -0.419 e. The molecular formula is C20H24O5. The number of hydrogen-bond donors (Lipinski definition) is 0. The zero-order chi connectivity index (χ0) is 17.9. The summed E-state index contributed by atoms with van der Waals surface area (Å²) in [5, 5.41) is 0. The molecule has 3 rings (SSSR count). The van der Waals surface area contributed by atoms with Crippen LogP contribution in [0.2, 0.25) is 0 Å². The van der Waals surface area contributed by atoms with Crippen LogP contribution in [-0.4, -0.2) is 23.8 Å². The van der Waals surface area contributed by atoms with Crippen molar-refractivity contribution in [2.75, 3.05) is 0 Å². The normalized spacial score (nSPS) is 20.8. The number of cyclic esters (lactones) is 2. The first-order valence-electron chi connectivity index (χ1n) is 8.82. The van der Waals surface area contributed by atoms with Crippen molar-refractivity contribution in [3.8, 4) is 0 Å². The van der Waals surface area contributed by atoms with E-state index in [1.165, 1.54) is 39.2 Å². The van der Waals surface area contributed by atoms with Crippen LogP contribution in [-0.2, 0) is 30.4 Å². The molecule has 1 aliphatic heterocycles. The molecule has 134 valence electrons. The molecule has 1 aliphatic carbocycles. The van der Waals surface area contributed by atoms with E-state index in [1.807, 2.05) is 24.3 Å². The first kappa shape index (κ1) is 17.7. The molecule has 2 aliphatic rings. The van der Waals surface area contributed by atoms with Crippen molar-refractivity contribution in [1.82, 2.24) is 0 Å². The maximum atomic E-state index is 12.1. The quantitative estimate of drug-likeness (QED) is 0.473. The molecule has 0 spiro atoms. The van der Waals surface area contributed by atoms with Gasteiger partial charge in [0.2, 0.25) is 0 Å². The van der Waals surface area contributed by atoms with E-state index in [2.05, 4.69) is 0 Å². The standard InChI is InChI=1S/C20H24O5/c1-20(2)24-18(21)17(19(22)25-20)12-14-8-6-7-9-15(14)13-23-16-10-4-3-5-11-16/h6-9,12,16H,3-5,10-11,13H2,1-2H3. The van der Waals surface area contributed by atoms with Crippen LogP contribution in [0, 0.1) is 0 Å². The topological polar surface area (TPSA) is 61.8 Å². The number of carbonyl (C=O) groups excluding carboxylic acids is 2. The van der Waals surface area contributed by atoms with Crippen molar-refractivity contribution >= 4 is 18.0 Å². The van der Waals surface area contributed by atoms with Crippen molar-refractivity contribution < 1.29 is 23.8 Å². The Morgan fingerprint density at radius 2 is 1.72 bits per heavy atom. The van der Waals surface area contributed by atoms with Gasteiger partial charge in [0.05, 0.1) is 12.7 Å². The summed E-state index contributed by atoms with van der Waals surface area (Å²) in [5.74, 6) is -2.55. The van der Waals surface area contributed by atoms with Gasteiger partial charge in [-0.2, -0.15) is 0 Å². The average Bonchev–Trinajstić information content (AvgIpc) is 2.57. The van der Waals surface area contributed by atoms with E-state index >= 15 is 0 Å². The van der Waals surface area contributed by atoms with Crippen LogP contribution in [0.3, 0.4) is 0 Å². The average molecular weight is 344 g/mol. The molecule has 1 heterocycles. The largest absolute Gasteiger partial charge is 0.419 e. The van der Waals surface area contributed by atoms with E-state index in [4.69, 9.17) is 14.2 Å². The molecule has 2 fully saturated rings. The van der Waals surface area contributed by atoms with Gasteiger partial charge < -0.3 is 14.2 Å². The number of hydrogen-bond acceptors (Lipinski definition) is 5. The summed E-state index contributed by atoms with van der Waals surface area (Å²) in [6.07, 6.45) is 7.71. The molecule has 0 amide bonds. The van der Waals surface area contributed by atoms with Crippen LogP contribution in [0.25, 0.3) is 6.08 Å². The van der Waals surface area contributed by atoms with E-state index in [0.29, 0.717) is 12.7 Å². The molecule has 1 aromatic carbocycles. The minimum atomic E-state index is -1.23. The van der Waals surface area contributed by atoms with Gasteiger partial charge in [0.25, 0.3) is 5.79 Å². The summed E-state index contributed by atoms with van der Waals surface area (Å²) in [6, 6.07) is 7.58. The smallest absolute Gasteiger partial charge is 0.348 e. The fourth-order valence-corrected chi connectivity index (χ4v) is 3.18. The van der Waals surface area contributed by atoms with Crippen molar-refractivity contribution in [3.05, 3.63) is 41.0 Å². The Morgan fingerprint density at radius 1 is 1.08 bits per heavy atom. The lowest BCUT2D eigenvalue weighted by Gasteiger charge is -2.29. The summed E-state index contributed by atoms with van der Waals surface area (Å²) in [5.41, 5.74) is 1.61. The van der Waals surface area contributed by atoms with Gasteiger partial charge in [-0.1, -0.05) is 43.5 Å². The molecule has 0 aromatic heterocycles. The van der Waals surface area contributed by atoms with Gasteiger partial charge in [-0.15, -0.1) is 0 Å². The molecule has 0 bridgehead atoms. The third kappa shape index (κ3) is 4.48. The van der Waals surface area contributed by atoms with Gasteiger partial charge in [0.1, 0.15) is 5.57 Å². The minimum absolute atomic E-state index is 0.0931. The highest BCUT2D eigenvalue weighted by Crippen LogP contribution is 2.26. The molecule has 0 N–H and O–H groups in total. The van der Waals surface area contributed by atoms with Crippen molar-refractivity contribution in [1.29, 1.82) is 0 Å². The number of esters is 2.